The average molecular weight is 252 g/mol. The highest BCUT2D eigenvalue weighted by Crippen LogP contribution is 2.26. The van der Waals surface area contributed by atoms with Gasteiger partial charge in [0.2, 0.25) is 0 Å². The third-order valence-electron chi connectivity index (χ3n) is 3.40. The van der Waals surface area contributed by atoms with Crippen molar-refractivity contribution in [2.24, 2.45) is 0 Å². The summed E-state index contributed by atoms with van der Waals surface area (Å²) in [4.78, 5) is 12.0. The van der Waals surface area contributed by atoms with Crippen molar-refractivity contribution in [3.63, 3.8) is 0 Å². The fraction of sp³-hybridized carbons (Fsp3) is 0.235. The second kappa shape index (κ2) is 5.27. The van der Waals surface area contributed by atoms with Crippen molar-refractivity contribution in [3.05, 3.63) is 65.2 Å². The van der Waals surface area contributed by atoms with Gasteiger partial charge in [0.1, 0.15) is 5.75 Å². The first kappa shape index (κ1) is 12.0. The van der Waals surface area contributed by atoms with E-state index in [1.807, 2.05) is 36.4 Å². The maximum Gasteiger partial charge on any atom is 0.166 e. The Morgan fingerprint density at radius 2 is 1.84 bits per heavy atom. The minimum absolute atomic E-state index is 0.197. The van der Waals surface area contributed by atoms with E-state index in [0.29, 0.717) is 13.0 Å². The van der Waals surface area contributed by atoms with Crippen molar-refractivity contribution in [1.82, 2.24) is 0 Å². The monoisotopic (exact) mass is 252 g/mol. The number of fused-ring (bicyclic) bond motifs is 1. The number of carbonyl (C=O) groups excluding carboxylic acids is 1. The molecule has 0 saturated carbocycles. The van der Waals surface area contributed by atoms with Gasteiger partial charge in [-0.2, -0.15) is 0 Å². The van der Waals surface area contributed by atoms with Crippen molar-refractivity contribution >= 4 is 5.78 Å². The Balaban J connectivity index is 1.90. The predicted molar refractivity (Wildman–Crippen MR) is 74.7 cm³/mol. The lowest BCUT2D eigenvalue weighted by Crippen LogP contribution is -1.99. The molecule has 3 rings (SSSR count). The SMILES string of the molecule is O=C1CCCOc2ccc(Cc3ccccc3)cc21. The largest absolute Gasteiger partial charge is 0.493 e. The molecule has 0 aliphatic carbocycles. The van der Waals surface area contributed by atoms with Crippen LogP contribution in [0.2, 0.25) is 0 Å². The van der Waals surface area contributed by atoms with Crippen LogP contribution < -0.4 is 4.74 Å². The van der Waals surface area contributed by atoms with Crippen LogP contribution in [0.1, 0.15) is 34.3 Å². The number of rotatable bonds is 2. The van der Waals surface area contributed by atoms with Crippen LogP contribution in [0, 0.1) is 0 Å². The van der Waals surface area contributed by atoms with Gasteiger partial charge in [-0.05, 0) is 36.1 Å². The zero-order chi connectivity index (χ0) is 13.1. The molecule has 1 aliphatic rings. The normalized spacial score (nSPS) is 14.4. The molecule has 1 heterocycles. The molecule has 0 saturated heterocycles. The Bertz CT molecular complexity index is 587. The first-order chi connectivity index (χ1) is 9.33. The number of ether oxygens (including phenoxy) is 1. The van der Waals surface area contributed by atoms with Gasteiger partial charge in [-0.25, -0.2) is 0 Å². The molecule has 0 fully saturated rings. The smallest absolute Gasteiger partial charge is 0.166 e. The summed E-state index contributed by atoms with van der Waals surface area (Å²) in [5.41, 5.74) is 3.15. The second-order valence-electron chi connectivity index (χ2n) is 4.87. The van der Waals surface area contributed by atoms with Gasteiger partial charge in [0.15, 0.2) is 5.78 Å². The van der Waals surface area contributed by atoms with Gasteiger partial charge in [0.05, 0.1) is 12.2 Å². The van der Waals surface area contributed by atoms with Gasteiger partial charge in [0.25, 0.3) is 0 Å². The molecule has 0 aromatic heterocycles. The minimum Gasteiger partial charge on any atom is -0.493 e. The summed E-state index contributed by atoms with van der Waals surface area (Å²) in [6.07, 6.45) is 2.24. The number of ketones is 1. The first-order valence-corrected chi connectivity index (χ1v) is 6.66. The Hall–Kier alpha value is -2.09. The molecule has 0 N–H and O–H groups in total. The molecule has 0 radical (unpaired) electrons. The molecule has 0 bridgehead atoms. The van der Waals surface area contributed by atoms with Crippen molar-refractivity contribution in [3.8, 4) is 5.75 Å². The minimum atomic E-state index is 0.197. The molecular formula is C17H16O2. The molecule has 2 nitrogen and oxygen atoms in total. The van der Waals surface area contributed by atoms with E-state index in [-0.39, 0.29) is 5.78 Å². The lowest BCUT2D eigenvalue weighted by Gasteiger charge is -2.08. The van der Waals surface area contributed by atoms with E-state index < -0.39 is 0 Å². The third-order valence-corrected chi connectivity index (χ3v) is 3.40. The average Bonchev–Trinajstić information content (AvgIpc) is 2.62. The van der Waals surface area contributed by atoms with E-state index in [0.717, 1.165) is 29.7 Å². The summed E-state index contributed by atoms with van der Waals surface area (Å²) in [6.45, 7) is 0.636. The quantitative estimate of drug-likeness (QED) is 0.815. The van der Waals surface area contributed by atoms with Gasteiger partial charge in [-0.3, -0.25) is 4.79 Å². The summed E-state index contributed by atoms with van der Waals surface area (Å²) in [6, 6.07) is 16.2. The topological polar surface area (TPSA) is 26.3 Å². The summed E-state index contributed by atoms with van der Waals surface area (Å²) in [5, 5.41) is 0. The van der Waals surface area contributed by atoms with E-state index in [2.05, 4.69) is 12.1 Å². The van der Waals surface area contributed by atoms with E-state index in [4.69, 9.17) is 4.74 Å². The first-order valence-electron chi connectivity index (χ1n) is 6.66. The van der Waals surface area contributed by atoms with Crippen molar-refractivity contribution in [2.45, 2.75) is 19.3 Å². The number of benzene rings is 2. The standard InChI is InChI=1S/C17H16O2/c18-16-7-4-10-19-17-9-8-14(12-15(16)17)11-13-5-2-1-3-6-13/h1-3,5-6,8-9,12H,4,7,10-11H2. The maximum absolute atomic E-state index is 12.0. The van der Waals surface area contributed by atoms with Gasteiger partial charge in [-0.15, -0.1) is 0 Å². The number of hydrogen-bond acceptors (Lipinski definition) is 2. The van der Waals surface area contributed by atoms with E-state index in [1.165, 1.54) is 5.56 Å². The molecule has 2 heteroatoms. The molecule has 2 aromatic carbocycles. The zero-order valence-electron chi connectivity index (χ0n) is 10.8. The Labute approximate surface area is 113 Å². The van der Waals surface area contributed by atoms with E-state index in [9.17, 15) is 4.79 Å². The summed E-state index contributed by atoms with van der Waals surface area (Å²) in [5.74, 6) is 0.932. The fourth-order valence-corrected chi connectivity index (χ4v) is 2.41. The summed E-state index contributed by atoms with van der Waals surface area (Å²) in [7, 11) is 0. The van der Waals surface area contributed by atoms with E-state index >= 15 is 0 Å². The highest BCUT2D eigenvalue weighted by Gasteiger charge is 2.16. The molecule has 96 valence electrons. The molecule has 0 unspecified atom stereocenters. The van der Waals surface area contributed by atoms with Gasteiger partial charge >= 0.3 is 0 Å². The maximum atomic E-state index is 12.0. The van der Waals surface area contributed by atoms with Crippen molar-refractivity contribution in [2.75, 3.05) is 6.61 Å². The number of Topliss-reactive ketones (excluding diaryl/α,β-unsaturated/α-hetero) is 1. The fourth-order valence-electron chi connectivity index (χ4n) is 2.41. The summed E-state index contributed by atoms with van der Waals surface area (Å²) < 4.78 is 5.60. The van der Waals surface area contributed by atoms with Crippen LogP contribution in [0.4, 0.5) is 0 Å². The van der Waals surface area contributed by atoms with Crippen molar-refractivity contribution < 1.29 is 9.53 Å². The highest BCUT2D eigenvalue weighted by molar-refractivity contribution is 5.99. The van der Waals surface area contributed by atoms with Crippen LogP contribution in [0.3, 0.4) is 0 Å². The molecule has 2 aromatic rings. The molecule has 0 amide bonds. The Morgan fingerprint density at radius 3 is 2.68 bits per heavy atom. The van der Waals surface area contributed by atoms with E-state index in [1.54, 1.807) is 0 Å². The predicted octanol–water partition coefficient (Wildman–Crippen LogP) is 3.63. The van der Waals surface area contributed by atoms with Crippen LogP contribution in [0.5, 0.6) is 5.75 Å². The van der Waals surface area contributed by atoms with Crippen LogP contribution in [0.25, 0.3) is 0 Å². The Morgan fingerprint density at radius 1 is 1.00 bits per heavy atom. The molecule has 1 aliphatic heterocycles. The number of carbonyl (C=O) groups is 1. The van der Waals surface area contributed by atoms with Crippen LogP contribution in [0.15, 0.2) is 48.5 Å². The van der Waals surface area contributed by atoms with Crippen molar-refractivity contribution in [1.29, 1.82) is 0 Å². The lowest BCUT2D eigenvalue weighted by atomic mass is 9.99. The molecule has 0 spiro atoms. The second-order valence-corrected chi connectivity index (χ2v) is 4.87. The zero-order valence-corrected chi connectivity index (χ0v) is 10.8. The van der Waals surface area contributed by atoms with Gasteiger partial charge < -0.3 is 4.74 Å². The molecular weight excluding hydrogens is 236 g/mol. The summed E-state index contributed by atoms with van der Waals surface area (Å²) >= 11 is 0. The molecule has 19 heavy (non-hydrogen) atoms. The molecule has 0 atom stereocenters. The van der Waals surface area contributed by atoms with Crippen LogP contribution in [-0.2, 0) is 6.42 Å². The third kappa shape index (κ3) is 2.68. The van der Waals surface area contributed by atoms with Gasteiger partial charge in [0, 0.05) is 6.42 Å². The Kier molecular flexibility index (Phi) is 3.32. The lowest BCUT2D eigenvalue weighted by molar-refractivity contribution is 0.0983. The highest BCUT2D eigenvalue weighted by atomic mass is 16.5. The number of hydrogen-bond donors (Lipinski definition) is 0. The van der Waals surface area contributed by atoms with Crippen LogP contribution >= 0.6 is 0 Å². The van der Waals surface area contributed by atoms with Gasteiger partial charge in [-0.1, -0.05) is 36.4 Å². The van der Waals surface area contributed by atoms with Crippen LogP contribution in [-0.4, -0.2) is 12.4 Å².